The Morgan fingerprint density at radius 1 is 1.19 bits per heavy atom. The number of ether oxygens (including phenoxy) is 1. The Kier molecular flexibility index (Phi) is 6.26. The van der Waals surface area contributed by atoms with Crippen molar-refractivity contribution in [3.63, 3.8) is 0 Å². The second-order valence-electron chi connectivity index (χ2n) is 7.11. The van der Waals surface area contributed by atoms with E-state index in [-0.39, 0.29) is 35.5 Å². The summed E-state index contributed by atoms with van der Waals surface area (Å²) in [5, 5.41) is 5.00. The predicted octanol–water partition coefficient (Wildman–Crippen LogP) is 4.37. The van der Waals surface area contributed by atoms with E-state index in [2.05, 4.69) is 10.6 Å². The van der Waals surface area contributed by atoms with E-state index in [1.54, 1.807) is 0 Å². The van der Waals surface area contributed by atoms with E-state index in [1.165, 1.54) is 43.5 Å². The number of benzene rings is 2. The number of nitrogens with one attached hydrogen (secondary N) is 2. The van der Waals surface area contributed by atoms with Gasteiger partial charge in [-0.3, -0.25) is 14.4 Å². The molecule has 2 aromatic rings. The van der Waals surface area contributed by atoms with E-state index in [0.717, 1.165) is 0 Å². The predicted molar refractivity (Wildman–Crippen MR) is 107 cm³/mol. The van der Waals surface area contributed by atoms with Crippen LogP contribution >= 0.6 is 11.6 Å². The first kappa shape index (κ1) is 22.6. The molecule has 164 valence electrons. The van der Waals surface area contributed by atoms with Crippen LogP contribution in [0.3, 0.4) is 0 Å². The molecule has 0 aromatic heterocycles. The molecule has 1 aliphatic rings. The molecule has 2 aromatic carbocycles. The van der Waals surface area contributed by atoms with Crippen LogP contribution in [0.4, 0.5) is 18.9 Å². The minimum absolute atomic E-state index is 0.0637. The summed E-state index contributed by atoms with van der Waals surface area (Å²) in [7, 11) is 1.41. The normalized spacial score (nSPS) is 14.5. The second kappa shape index (κ2) is 8.58. The van der Waals surface area contributed by atoms with E-state index in [0.29, 0.717) is 23.3 Å². The topological polar surface area (TPSA) is 84.5 Å². The van der Waals surface area contributed by atoms with Crippen molar-refractivity contribution >= 4 is 35.4 Å². The van der Waals surface area contributed by atoms with Gasteiger partial charge in [-0.1, -0.05) is 17.7 Å². The number of carbonyl (C=O) groups is 3. The van der Waals surface area contributed by atoms with Gasteiger partial charge in [0.15, 0.2) is 6.29 Å². The van der Waals surface area contributed by atoms with Crippen LogP contribution < -0.4 is 15.4 Å². The number of rotatable bonds is 7. The summed E-state index contributed by atoms with van der Waals surface area (Å²) in [5.74, 6) is -1.33. The molecule has 0 spiro atoms. The average Bonchev–Trinajstić information content (AvgIpc) is 3.55. The molecule has 3 rings (SSSR count). The van der Waals surface area contributed by atoms with Crippen molar-refractivity contribution < 1.29 is 32.3 Å². The number of anilines is 1. The van der Waals surface area contributed by atoms with Crippen molar-refractivity contribution in [2.75, 3.05) is 12.4 Å². The number of methoxy groups -OCH3 is 1. The van der Waals surface area contributed by atoms with Crippen LogP contribution in [0, 0.1) is 5.41 Å². The molecule has 0 aliphatic heterocycles. The summed E-state index contributed by atoms with van der Waals surface area (Å²) in [6, 6.07) is 8.78. The molecule has 1 saturated carbocycles. The number of hydrogen-bond acceptors (Lipinski definition) is 4. The monoisotopic (exact) mass is 454 g/mol. The van der Waals surface area contributed by atoms with Crippen LogP contribution in [0.5, 0.6) is 5.75 Å². The molecule has 1 aliphatic carbocycles. The summed E-state index contributed by atoms with van der Waals surface area (Å²) in [6.07, 6.45) is -4.48. The van der Waals surface area contributed by atoms with Gasteiger partial charge in [0.1, 0.15) is 11.2 Å². The SMILES string of the molecule is COc1ccc(NC(=O)c2cc(CNC(=O)C3(C(F)(F)F)CC3)ccc2Cl)cc1C=O. The van der Waals surface area contributed by atoms with Crippen molar-refractivity contribution in [1.29, 1.82) is 0 Å². The van der Waals surface area contributed by atoms with E-state index >= 15 is 0 Å². The number of amides is 2. The number of aldehydes is 1. The highest BCUT2D eigenvalue weighted by atomic mass is 35.5. The minimum Gasteiger partial charge on any atom is -0.496 e. The zero-order chi connectivity index (χ0) is 22.8. The van der Waals surface area contributed by atoms with Crippen LogP contribution in [0.2, 0.25) is 5.02 Å². The van der Waals surface area contributed by atoms with Gasteiger partial charge in [0.2, 0.25) is 5.91 Å². The van der Waals surface area contributed by atoms with Gasteiger partial charge in [0.25, 0.3) is 5.91 Å². The van der Waals surface area contributed by atoms with E-state index < -0.39 is 23.4 Å². The maximum absolute atomic E-state index is 13.0. The number of hydrogen-bond donors (Lipinski definition) is 2. The summed E-state index contributed by atoms with van der Waals surface area (Å²) >= 11 is 6.10. The van der Waals surface area contributed by atoms with Crippen molar-refractivity contribution in [2.45, 2.75) is 25.6 Å². The smallest absolute Gasteiger partial charge is 0.403 e. The van der Waals surface area contributed by atoms with Crippen LogP contribution in [-0.4, -0.2) is 31.4 Å². The lowest BCUT2D eigenvalue weighted by molar-refractivity contribution is -0.192. The quantitative estimate of drug-likeness (QED) is 0.608. The molecule has 31 heavy (non-hydrogen) atoms. The molecule has 0 radical (unpaired) electrons. The first-order valence-electron chi connectivity index (χ1n) is 9.19. The second-order valence-corrected chi connectivity index (χ2v) is 7.51. The van der Waals surface area contributed by atoms with Crippen molar-refractivity contribution in [3.05, 3.63) is 58.1 Å². The van der Waals surface area contributed by atoms with Gasteiger partial charge in [-0.05, 0) is 48.7 Å². The Balaban J connectivity index is 1.71. The maximum Gasteiger partial charge on any atom is 0.403 e. The lowest BCUT2D eigenvalue weighted by Gasteiger charge is -2.18. The average molecular weight is 455 g/mol. The van der Waals surface area contributed by atoms with Crippen molar-refractivity contribution in [3.8, 4) is 5.75 Å². The largest absolute Gasteiger partial charge is 0.496 e. The number of carbonyl (C=O) groups excluding carboxylic acids is 3. The molecule has 0 bridgehead atoms. The van der Waals surface area contributed by atoms with Crippen LogP contribution in [0.1, 0.15) is 39.1 Å². The summed E-state index contributed by atoms with van der Waals surface area (Å²) in [4.78, 5) is 35.8. The van der Waals surface area contributed by atoms with Crippen molar-refractivity contribution in [1.82, 2.24) is 5.32 Å². The van der Waals surface area contributed by atoms with Gasteiger partial charge < -0.3 is 15.4 Å². The Labute approximate surface area is 180 Å². The van der Waals surface area contributed by atoms with E-state index in [4.69, 9.17) is 16.3 Å². The van der Waals surface area contributed by atoms with E-state index in [9.17, 15) is 27.6 Å². The molecule has 1 fully saturated rings. The molecular weight excluding hydrogens is 437 g/mol. The highest BCUT2D eigenvalue weighted by Crippen LogP contribution is 2.57. The van der Waals surface area contributed by atoms with Gasteiger partial charge in [-0.15, -0.1) is 0 Å². The molecule has 2 amide bonds. The van der Waals surface area contributed by atoms with Crippen LogP contribution in [-0.2, 0) is 11.3 Å². The number of alkyl halides is 3. The highest BCUT2D eigenvalue weighted by molar-refractivity contribution is 6.34. The molecule has 0 heterocycles. The van der Waals surface area contributed by atoms with Crippen LogP contribution in [0.15, 0.2) is 36.4 Å². The molecule has 0 saturated heterocycles. The highest BCUT2D eigenvalue weighted by Gasteiger charge is 2.68. The Hall–Kier alpha value is -3.07. The van der Waals surface area contributed by atoms with Gasteiger partial charge in [-0.25, -0.2) is 0 Å². The van der Waals surface area contributed by atoms with E-state index in [1.807, 2.05) is 0 Å². The third kappa shape index (κ3) is 4.66. The fraction of sp³-hybridized carbons (Fsp3) is 0.286. The Morgan fingerprint density at radius 2 is 1.90 bits per heavy atom. The minimum atomic E-state index is -4.60. The van der Waals surface area contributed by atoms with Gasteiger partial charge in [0.05, 0.1) is 23.3 Å². The zero-order valence-corrected chi connectivity index (χ0v) is 17.1. The lowest BCUT2D eigenvalue weighted by Crippen LogP contribution is -2.40. The third-order valence-corrected chi connectivity index (χ3v) is 5.40. The van der Waals surface area contributed by atoms with Gasteiger partial charge in [-0.2, -0.15) is 13.2 Å². The zero-order valence-electron chi connectivity index (χ0n) is 16.3. The first-order valence-corrected chi connectivity index (χ1v) is 9.57. The van der Waals surface area contributed by atoms with Crippen molar-refractivity contribution in [2.24, 2.45) is 5.41 Å². The molecule has 2 N–H and O–H groups in total. The summed E-state index contributed by atoms with van der Waals surface area (Å²) in [5.41, 5.74) is -1.28. The fourth-order valence-corrected chi connectivity index (χ4v) is 3.28. The third-order valence-electron chi connectivity index (χ3n) is 5.07. The molecule has 0 unspecified atom stereocenters. The fourth-order valence-electron chi connectivity index (χ4n) is 3.07. The molecule has 10 heteroatoms. The standard InChI is InChI=1S/C21H18ClF3N2O4/c1-31-17-5-3-14(9-13(17)11-28)27-18(29)15-8-12(2-4-16(15)22)10-26-19(30)20(6-7-20)21(23,24)25/h2-5,8-9,11H,6-7,10H2,1H3,(H,26,30)(H,27,29). The first-order chi connectivity index (χ1) is 14.6. The molecule has 6 nitrogen and oxygen atoms in total. The Bertz CT molecular complexity index is 1040. The summed E-state index contributed by atoms with van der Waals surface area (Å²) in [6.45, 7) is -0.189. The summed E-state index contributed by atoms with van der Waals surface area (Å²) < 4.78 is 44.2. The molecular formula is C21H18ClF3N2O4. The van der Waals surface area contributed by atoms with Gasteiger partial charge >= 0.3 is 6.18 Å². The lowest BCUT2D eigenvalue weighted by atomic mass is 10.1. The maximum atomic E-state index is 13.0. The Morgan fingerprint density at radius 3 is 2.48 bits per heavy atom. The number of halogens is 4. The van der Waals surface area contributed by atoms with Crippen LogP contribution in [0.25, 0.3) is 0 Å². The molecule has 0 atom stereocenters. The van der Waals surface area contributed by atoms with Gasteiger partial charge in [0, 0.05) is 12.2 Å².